The number of benzene rings is 2. The van der Waals surface area contributed by atoms with E-state index >= 15 is 0 Å². The summed E-state index contributed by atoms with van der Waals surface area (Å²) in [7, 11) is 0. The molecule has 0 radical (unpaired) electrons. The van der Waals surface area contributed by atoms with Gasteiger partial charge in [-0.25, -0.2) is 9.07 Å². The van der Waals surface area contributed by atoms with Crippen molar-refractivity contribution in [1.29, 1.82) is 0 Å². The Kier molecular flexibility index (Phi) is 6.11. The van der Waals surface area contributed by atoms with Crippen LogP contribution in [-0.4, -0.2) is 25.9 Å². The Morgan fingerprint density at radius 1 is 1.06 bits per heavy atom. The van der Waals surface area contributed by atoms with E-state index in [2.05, 4.69) is 20.6 Å². The minimum atomic E-state index is -0.397. The highest BCUT2D eigenvalue weighted by Gasteiger charge is 2.22. The monoisotopic (exact) mass is 455 g/mol. The molecule has 1 N–H and O–H groups in total. The first-order chi connectivity index (χ1) is 14.9. The lowest BCUT2D eigenvalue weighted by Crippen LogP contribution is -2.13. The third-order valence-electron chi connectivity index (χ3n) is 4.70. The van der Waals surface area contributed by atoms with E-state index < -0.39 is 5.91 Å². The van der Waals surface area contributed by atoms with Crippen molar-refractivity contribution in [3.63, 3.8) is 0 Å². The Morgan fingerprint density at radius 3 is 2.45 bits per heavy atom. The summed E-state index contributed by atoms with van der Waals surface area (Å²) in [5, 5.41) is 16.8. The standard InChI is InChI=1S/C22H19ClFN5OS/c1-13-3-5-15(6-4-13)11-18-26-27-22(31-18)25-21(30)19-14(2)28-29(20(19)23)12-16-7-9-17(24)10-8-16/h3-10H,11-12H2,1-2H3,(H,25,27,30). The molecule has 9 heteroatoms. The predicted octanol–water partition coefficient (Wildman–Crippen LogP) is 5.04. The SMILES string of the molecule is Cc1ccc(Cc2nnc(NC(=O)c3c(C)nn(Cc4ccc(F)cc4)c3Cl)s2)cc1. The predicted molar refractivity (Wildman–Crippen MR) is 119 cm³/mol. The summed E-state index contributed by atoms with van der Waals surface area (Å²) < 4.78 is 14.6. The van der Waals surface area contributed by atoms with E-state index in [0.717, 1.165) is 16.1 Å². The first-order valence-corrected chi connectivity index (χ1v) is 10.7. The lowest BCUT2D eigenvalue weighted by molar-refractivity contribution is 0.102. The van der Waals surface area contributed by atoms with E-state index in [4.69, 9.17) is 11.6 Å². The molecule has 4 rings (SSSR count). The molecule has 0 aliphatic rings. The number of rotatable bonds is 6. The van der Waals surface area contributed by atoms with Gasteiger partial charge >= 0.3 is 0 Å². The van der Waals surface area contributed by atoms with E-state index in [1.807, 2.05) is 31.2 Å². The first kappa shape index (κ1) is 21.1. The van der Waals surface area contributed by atoms with Gasteiger partial charge in [-0.2, -0.15) is 5.10 Å². The molecule has 0 spiro atoms. The van der Waals surface area contributed by atoms with Crippen LogP contribution in [0, 0.1) is 19.7 Å². The highest BCUT2D eigenvalue weighted by atomic mass is 35.5. The molecule has 4 aromatic rings. The van der Waals surface area contributed by atoms with Crippen LogP contribution in [0.4, 0.5) is 9.52 Å². The molecule has 0 fully saturated rings. The molecule has 31 heavy (non-hydrogen) atoms. The topological polar surface area (TPSA) is 72.7 Å². The van der Waals surface area contributed by atoms with E-state index in [1.54, 1.807) is 19.1 Å². The summed E-state index contributed by atoms with van der Waals surface area (Å²) in [6, 6.07) is 14.2. The van der Waals surface area contributed by atoms with Crippen LogP contribution in [0.5, 0.6) is 0 Å². The number of carbonyl (C=O) groups is 1. The van der Waals surface area contributed by atoms with Gasteiger partial charge < -0.3 is 0 Å². The third kappa shape index (κ3) is 4.98. The average molecular weight is 456 g/mol. The lowest BCUT2D eigenvalue weighted by atomic mass is 10.1. The van der Waals surface area contributed by atoms with Crippen LogP contribution in [-0.2, 0) is 13.0 Å². The molecule has 2 aromatic heterocycles. The summed E-state index contributed by atoms with van der Waals surface area (Å²) in [5.41, 5.74) is 3.91. The molecule has 2 heterocycles. The van der Waals surface area contributed by atoms with Gasteiger partial charge in [0.15, 0.2) is 0 Å². The van der Waals surface area contributed by atoms with Gasteiger partial charge in [-0.1, -0.05) is 64.9 Å². The van der Waals surface area contributed by atoms with Crippen LogP contribution in [0.3, 0.4) is 0 Å². The second-order valence-electron chi connectivity index (χ2n) is 7.15. The molecular formula is C22H19ClFN5OS. The highest BCUT2D eigenvalue weighted by molar-refractivity contribution is 7.15. The Labute approximate surface area is 187 Å². The van der Waals surface area contributed by atoms with Gasteiger partial charge in [-0.05, 0) is 37.1 Å². The van der Waals surface area contributed by atoms with Crippen LogP contribution in [0.15, 0.2) is 48.5 Å². The molecule has 0 unspecified atom stereocenters. The van der Waals surface area contributed by atoms with Gasteiger partial charge in [0.25, 0.3) is 5.91 Å². The largest absolute Gasteiger partial charge is 0.296 e. The van der Waals surface area contributed by atoms with Gasteiger partial charge in [-0.3, -0.25) is 10.1 Å². The number of nitrogens with zero attached hydrogens (tertiary/aromatic N) is 4. The van der Waals surface area contributed by atoms with Gasteiger partial charge in [0.05, 0.1) is 17.8 Å². The number of halogens is 2. The Hall–Kier alpha value is -3.10. The fourth-order valence-corrected chi connectivity index (χ4v) is 4.18. The molecule has 0 saturated carbocycles. The first-order valence-electron chi connectivity index (χ1n) is 9.55. The normalized spacial score (nSPS) is 11.0. The number of hydrogen-bond donors (Lipinski definition) is 1. The van der Waals surface area contributed by atoms with E-state index in [9.17, 15) is 9.18 Å². The number of aryl methyl sites for hydroxylation is 2. The lowest BCUT2D eigenvalue weighted by Gasteiger charge is -2.04. The van der Waals surface area contributed by atoms with Crippen LogP contribution in [0.1, 0.15) is 37.7 Å². The van der Waals surface area contributed by atoms with Crippen molar-refractivity contribution in [1.82, 2.24) is 20.0 Å². The maximum Gasteiger partial charge on any atom is 0.262 e. The van der Waals surface area contributed by atoms with Crippen molar-refractivity contribution in [2.75, 3.05) is 5.32 Å². The molecular weight excluding hydrogens is 437 g/mol. The molecule has 1 amide bonds. The van der Waals surface area contributed by atoms with Crippen molar-refractivity contribution in [2.24, 2.45) is 0 Å². The number of carbonyl (C=O) groups excluding carboxylic acids is 1. The minimum absolute atomic E-state index is 0.212. The number of amides is 1. The summed E-state index contributed by atoms with van der Waals surface area (Å²) >= 11 is 7.75. The van der Waals surface area contributed by atoms with E-state index in [-0.39, 0.29) is 16.5 Å². The zero-order chi connectivity index (χ0) is 22.0. The smallest absolute Gasteiger partial charge is 0.262 e. The molecule has 0 aliphatic heterocycles. The van der Waals surface area contributed by atoms with Gasteiger partial charge in [-0.15, -0.1) is 10.2 Å². The van der Waals surface area contributed by atoms with Crippen LogP contribution in [0.2, 0.25) is 5.15 Å². The molecule has 0 saturated heterocycles. The second kappa shape index (κ2) is 8.95. The number of nitrogens with one attached hydrogen (secondary N) is 1. The minimum Gasteiger partial charge on any atom is -0.296 e. The summed E-state index contributed by atoms with van der Waals surface area (Å²) in [5.74, 6) is -0.712. The van der Waals surface area contributed by atoms with Crippen LogP contribution < -0.4 is 5.32 Å². The molecule has 0 aliphatic carbocycles. The molecule has 6 nitrogen and oxygen atoms in total. The third-order valence-corrected chi connectivity index (χ3v) is 5.92. The van der Waals surface area contributed by atoms with Crippen molar-refractivity contribution >= 4 is 34.0 Å². The van der Waals surface area contributed by atoms with Crippen molar-refractivity contribution in [3.05, 3.63) is 92.5 Å². The summed E-state index contributed by atoms with van der Waals surface area (Å²) in [6.45, 7) is 4.08. The Balaban J connectivity index is 1.46. The van der Waals surface area contributed by atoms with E-state index in [0.29, 0.717) is 23.8 Å². The molecule has 158 valence electrons. The number of anilines is 1. The Bertz CT molecular complexity index is 1220. The highest BCUT2D eigenvalue weighted by Crippen LogP contribution is 2.24. The second-order valence-corrected chi connectivity index (χ2v) is 8.57. The summed E-state index contributed by atoms with van der Waals surface area (Å²) in [4.78, 5) is 12.8. The quantitative estimate of drug-likeness (QED) is 0.442. The fourth-order valence-electron chi connectivity index (χ4n) is 3.09. The fraction of sp³-hybridized carbons (Fsp3) is 0.182. The van der Waals surface area contributed by atoms with Crippen molar-refractivity contribution in [3.8, 4) is 0 Å². The van der Waals surface area contributed by atoms with Gasteiger partial charge in [0, 0.05) is 6.42 Å². The van der Waals surface area contributed by atoms with Crippen LogP contribution >= 0.6 is 22.9 Å². The zero-order valence-electron chi connectivity index (χ0n) is 16.9. The molecule has 2 aromatic carbocycles. The zero-order valence-corrected chi connectivity index (χ0v) is 18.5. The average Bonchev–Trinajstić information content (AvgIpc) is 3.28. The van der Waals surface area contributed by atoms with Gasteiger partial charge in [0.1, 0.15) is 16.0 Å². The van der Waals surface area contributed by atoms with Gasteiger partial charge in [0.2, 0.25) is 5.13 Å². The maximum atomic E-state index is 13.1. The number of hydrogen-bond acceptors (Lipinski definition) is 5. The van der Waals surface area contributed by atoms with Crippen LogP contribution in [0.25, 0.3) is 0 Å². The molecule has 0 bridgehead atoms. The van der Waals surface area contributed by atoms with Crippen molar-refractivity contribution < 1.29 is 9.18 Å². The Morgan fingerprint density at radius 2 is 1.74 bits per heavy atom. The maximum absolute atomic E-state index is 13.1. The number of aromatic nitrogens is 4. The van der Waals surface area contributed by atoms with Crippen molar-refractivity contribution in [2.45, 2.75) is 26.8 Å². The summed E-state index contributed by atoms with van der Waals surface area (Å²) in [6.07, 6.45) is 0.642. The molecule has 0 atom stereocenters. The van der Waals surface area contributed by atoms with E-state index in [1.165, 1.54) is 33.7 Å².